The second-order valence-corrected chi connectivity index (χ2v) is 8.45. The van der Waals surface area contributed by atoms with Crippen LogP contribution in [0.4, 0.5) is 4.39 Å². The average Bonchev–Trinajstić information content (AvgIpc) is 3.05. The first-order valence-corrected chi connectivity index (χ1v) is 10.3. The van der Waals surface area contributed by atoms with Crippen molar-refractivity contribution in [3.05, 3.63) is 40.4 Å². The Morgan fingerprint density at radius 1 is 1.30 bits per heavy atom. The Morgan fingerprint density at radius 3 is 2.67 bits per heavy atom. The molecule has 0 spiro atoms. The van der Waals surface area contributed by atoms with Gasteiger partial charge in [-0.05, 0) is 37.6 Å². The second-order valence-electron chi connectivity index (χ2n) is 8.01. The minimum Gasteiger partial charge on any atom is -0.357 e. The fourth-order valence-electron chi connectivity index (χ4n) is 3.66. The van der Waals surface area contributed by atoms with Crippen LogP contribution >= 0.6 is 11.6 Å². The van der Waals surface area contributed by atoms with E-state index in [1.807, 2.05) is 25.5 Å². The predicted molar refractivity (Wildman–Crippen MR) is 114 cm³/mol. The first-order valence-electron chi connectivity index (χ1n) is 9.97. The molecule has 0 fully saturated rings. The maximum Gasteiger partial charge on any atom is 0.272 e. The fraction of sp³-hybridized carbons (Fsp3) is 0.476. The molecule has 2 heterocycles. The topological polar surface area (TPSA) is 79.3 Å². The van der Waals surface area contributed by atoms with Crippen LogP contribution in [0, 0.1) is 11.7 Å². The number of amides is 2. The molecule has 0 saturated heterocycles. The molecular formula is C21H27ClFN5O2. The first-order chi connectivity index (χ1) is 14.2. The molecule has 1 aromatic heterocycles. The van der Waals surface area contributed by atoms with Gasteiger partial charge in [0, 0.05) is 31.7 Å². The summed E-state index contributed by atoms with van der Waals surface area (Å²) < 4.78 is 16.5. The van der Waals surface area contributed by atoms with Gasteiger partial charge in [-0.2, -0.15) is 0 Å². The van der Waals surface area contributed by atoms with Gasteiger partial charge in [-0.25, -0.2) is 9.37 Å². The molecule has 2 aromatic rings. The van der Waals surface area contributed by atoms with Crippen LogP contribution in [0.25, 0.3) is 11.4 Å². The third-order valence-electron chi connectivity index (χ3n) is 5.16. The maximum absolute atomic E-state index is 14.6. The number of rotatable bonds is 6. The van der Waals surface area contributed by atoms with E-state index in [4.69, 9.17) is 11.6 Å². The van der Waals surface area contributed by atoms with Crippen LogP contribution in [0.15, 0.2) is 18.2 Å². The fourth-order valence-corrected chi connectivity index (χ4v) is 3.81. The van der Waals surface area contributed by atoms with Crippen molar-refractivity contribution in [1.29, 1.82) is 0 Å². The number of aromatic nitrogens is 2. The summed E-state index contributed by atoms with van der Waals surface area (Å²) >= 11 is 5.89. The lowest BCUT2D eigenvalue weighted by molar-refractivity contribution is -0.122. The molecular weight excluding hydrogens is 409 g/mol. The highest BCUT2D eigenvalue weighted by Crippen LogP contribution is 2.29. The Labute approximate surface area is 180 Å². The minimum atomic E-state index is -0.670. The molecule has 3 rings (SSSR count). The van der Waals surface area contributed by atoms with Gasteiger partial charge in [0.1, 0.15) is 17.7 Å². The number of carbonyl (C=O) groups excluding carboxylic acids is 2. The number of nitrogens with zero attached hydrogens (tertiary/aromatic N) is 3. The summed E-state index contributed by atoms with van der Waals surface area (Å²) in [6.07, 6.45) is 0.500. The van der Waals surface area contributed by atoms with E-state index in [-0.39, 0.29) is 23.1 Å². The third kappa shape index (κ3) is 4.65. The van der Waals surface area contributed by atoms with Gasteiger partial charge in [0.05, 0.1) is 11.3 Å². The summed E-state index contributed by atoms with van der Waals surface area (Å²) in [5, 5.41) is 5.69. The number of carbonyl (C=O) groups is 2. The van der Waals surface area contributed by atoms with E-state index >= 15 is 0 Å². The van der Waals surface area contributed by atoms with Crippen LogP contribution < -0.4 is 10.6 Å². The van der Waals surface area contributed by atoms with Gasteiger partial charge < -0.3 is 15.2 Å². The van der Waals surface area contributed by atoms with E-state index in [1.54, 1.807) is 12.1 Å². The van der Waals surface area contributed by atoms with Crippen molar-refractivity contribution in [2.24, 2.45) is 5.92 Å². The summed E-state index contributed by atoms with van der Waals surface area (Å²) in [6, 6.07) is 3.73. The van der Waals surface area contributed by atoms with E-state index in [9.17, 15) is 14.0 Å². The summed E-state index contributed by atoms with van der Waals surface area (Å²) in [7, 11) is 3.49. The maximum atomic E-state index is 14.6. The van der Waals surface area contributed by atoms with E-state index < -0.39 is 17.8 Å². The smallest absolute Gasteiger partial charge is 0.272 e. The molecule has 2 N–H and O–H groups in total. The molecule has 0 bridgehead atoms. The number of halogens is 2. The number of nitrogens with one attached hydrogen (secondary N) is 2. The third-order valence-corrected chi connectivity index (χ3v) is 5.40. The highest BCUT2D eigenvalue weighted by Gasteiger charge is 2.30. The molecule has 9 heteroatoms. The van der Waals surface area contributed by atoms with E-state index in [2.05, 4.69) is 20.5 Å². The lowest BCUT2D eigenvalue weighted by atomic mass is 10.0. The molecule has 1 aliphatic rings. The number of hydrogen-bond donors (Lipinski definition) is 2. The summed E-state index contributed by atoms with van der Waals surface area (Å²) in [5.41, 5.74) is 1.20. The highest BCUT2D eigenvalue weighted by atomic mass is 35.5. The quantitative estimate of drug-likeness (QED) is 0.731. The van der Waals surface area contributed by atoms with Crippen LogP contribution in [-0.4, -0.2) is 52.9 Å². The van der Waals surface area contributed by atoms with Crippen molar-refractivity contribution in [1.82, 2.24) is 25.1 Å². The van der Waals surface area contributed by atoms with Gasteiger partial charge in [-0.1, -0.05) is 25.4 Å². The monoisotopic (exact) mass is 435 g/mol. The zero-order chi connectivity index (χ0) is 22.0. The van der Waals surface area contributed by atoms with Crippen LogP contribution in [0.5, 0.6) is 0 Å². The molecule has 0 radical (unpaired) electrons. The minimum absolute atomic E-state index is 0.212. The molecule has 1 aromatic carbocycles. The van der Waals surface area contributed by atoms with Gasteiger partial charge >= 0.3 is 0 Å². The average molecular weight is 436 g/mol. The lowest BCUT2D eigenvalue weighted by Crippen LogP contribution is -2.46. The van der Waals surface area contributed by atoms with Crippen molar-refractivity contribution in [2.45, 2.75) is 39.4 Å². The van der Waals surface area contributed by atoms with Crippen molar-refractivity contribution >= 4 is 23.4 Å². The largest absolute Gasteiger partial charge is 0.357 e. The standard InChI is InChI=1S/C21H27ClFN5O2/c1-12(2)9-16(20(29)24-3)25-21(30)18-17-11-27(4)7-8-28(17)19(26-18)14-6-5-13(22)10-15(14)23/h5-6,10,12,16H,7-9,11H2,1-4H3,(H,24,29)(H,25,30)/t16-/m0/s1. The molecule has 162 valence electrons. The molecule has 1 atom stereocenters. The van der Waals surface area contributed by atoms with Gasteiger partial charge in [-0.3, -0.25) is 14.5 Å². The van der Waals surface area contributed by atoms with E-state index in [0.29, 0.717) is 36.1 Å². The van der Waals surface area contributed by atoms with Gasteiger partial charge in [0.25, 0.3) is 5.91 Å². The number of likely N-dealkylation sites (N-methyl/N-ethyl adjacent to an activating group) is 2. The SMILES string of the molecule is CNC(=O)[C@H](CC(C)C)NC(=O)c1nc(-c2ccc(Cl)cc2F)n2c1CN(C)CC2. The van der Waals surface area contributed by atoms with Gasteiger partial charge in [0.15, 0.2) is 5.69 Å². The highest BCUT2D eigenvalue weighted by molar-refractivity contribution is 6.30. The molecule has 1 aliphatic heterocycles. The van der Waals surface area contributed by atoms with Crippen LogP contribution in [-0.2, 0) is 17.9 Å². The van der Waals surface area contributed by atoms with Crippen molar-refractivity contribution < 1.29 is 14.0 Å². The molecule has 2 amide bonds. The number of benzene rings is 1. The number of imidazole rings is 1. The molecule has 7 nitrogen and oxygen atoms in total. The number of fused-ring (bicyclic) bond motifs is 1. The molecule has 30 heavy (non-hydrogen) atoms. The summed E-state index contributed by atoms with van der Waals surface area (Å²) in [4.78, 5) is 31.9. The Balaban J connectivity index is 2.01. The molecule has 0 unspecified atom stereocenters. The Bertz CT molecular complexity index is 959. The van der Waals surface area contributed by atoms with Gasteiger partial charge in [0.2, 0.25) is 5.91 Å². The van der Waals surface area contributed by atoms with E-state index in [1.165, 1.54) is 13.1 Å². The van der Waals surface area contributed by atoms with Crippen LogP contribution in [0.2, 0.25) is 5.02 Å². The zero-order valence-electron chi connectivity index (χ0n) is 17.6. The Hall–Kier alpha value is -2.45. The van der Waals surface area contributed by atoms with Gasteiger partial charge in [-0.15, -0.1) is 0 Å². The Kier molecular flexibility index (Phi) is 6.77. The van der Waals surface area contributed by atoms with Crippen molar-refractivity contribution in [3.8, 4) is 11.4 Å². The molecule has 0 saturated carbocycles. The second kappa shape index (κ2) is 9.14. The van der Waals surface area contributed by atoms with Crippen LogP contribution in [0.1, 0.15) is 36.5 Å². The zero-order valence-corrected chi connectivity index (χ0v) is 18.4. The normalized spacial score (nSPS) is 15.0. The van der Waals surface area contributed by atoms with E-state index in [0.717, 1.165) is 6.54 Å². The first kappa shape index (κ1) is 22.2. The number of hydrogen-bond acceptors (Lipinski definition) is 4. The lowest BCUT2D eigenvalue weighted by Gasteiger charge is -2.26. The van der Waals surface area contributed by atoms with Crippen molar-refractivity contribution in [2.75, 3.05) is 20.6 Å². The Morgan fingerprint density at radius 2 is 2.03 bits per heavy atom. The van der Waals surface area contributed by atoms with Crippen LogP contribution in [0.3, 0.4) is 0 Å². The van der Waals surface area contributed by atoms with Crippen molar-refractivity contribution in [3.63, 3.8) is 0 Å². The predicted octanol–water partition coefficient (Wildman–Crippen LogP) is 2.68. The summed E-state index contributed by atoms with van der Waals surface area (Å²) in [6.45, 7) is 5.79. The summed E-state index contributed by atoms with van der Waals surface area (Å²) in [5.74, 6) is -0.592. The molecule has 0 aliphatic carbocycles.